The van der Waals surface area contributed by atoms with Gasteiger partial charge in [0.25, 0.3) is 0 Å². The van der Waals surface area contributed by atoms with Crippen molar-refractivity contribution in [1.29, 1.82) is 0 Å². The summed E-state index contributed by atoms with van der Waals surface area (Å²) in [6, 6.07) is 0. The minimum atomic E-state index is -0.341. The topological polar surface area (TPSA) is 23.5 Å². The van der Waals surface area contributed by atoms with Gasteiger partial charge in [-0.15, -0.1) is 0 Å². The fourth-order valence-corrected chi connectivity index (χ4v) is 2.74. The third kappa shape index (κ3) is 5.60. The van der Waals surface area contributed by atoms with Crippen LogP contribution in [0.3, 0.4) is 0 Å². The highest BCUT2D eigenvalue weighted by Crippen LogP contribution is 2.31. The van der Waals surface area contributed by atoms with E-state index in [2.05, 4.69) is 20.4 Å². The lowest BCUT2D eigenvalue weighted by molar-refractivity contribution is -0.0857. The zero-order valence-corrected chi connectivity index (χ0v) is 13.5. The fraction of sp³-hybridized carbons (Fsp3) is 0.556. The lowest BCUT2D eigenvalue weighted by atomic mass is 9.84. The quantitative estimate of drug-likeness (QED) is 0.653. The zero-order valence-electron chi connectivity index (χ0n) is 13.5. The predicted octanol–water partition coefficient (Wildman–Crippen LogP) is 5.19. The largest absolute Gasteiger partial charge is 0.314 e. The van der Waals surface area contributed by atoms with E-state index < -0.39 is 0 Å². The highest BCUT2D eigenvalue weighted by atomic mass is 19.1. The number of rotatable bonds is 7. The van der Waals surface area contributed by atoms with Gasteiger partial charge in [-0.25, -0.2) is 4.39 Å². The number of unbranched alkanes of at least 4 members (excludes halogenated alkanes) is 1. The van der Waals surface area contributed by atoms with Crippen molar-refractivity contribution in [3.05, 3.63) is 47.4 Å². The molecule has 1 rings (SSSR count). The molecule has 0 saturated heterocycles. The van der Waals surface area contributed by atoms with E-state index in [1.165, 1.54) is 42.1 Å². The molecule has 1 aliphatic heterocycles. The number of hydroxylamine groups is 2. The second-order valence-corrected chi connectivity index (χ2v) is 5.79. The molecule has 0 bridgehead atoms. The Morgan fingerprint density at radius 1 is 1.48 bits per heavy atom. The molecule has 0 saturated carbocycles. The second kappa shape index (κ2) is 8.96. The summed E-state index contributed by atoms with van der Waals surface area (Å²) in [5, 5.41) is 11.1. The van der Waals surface area contributed by atoms with Crippen molar-refractivity contribution in [3.8, 4) is 0 Å². The van der Waals surface area contributed by atoms with E-state index in [4.69, 9.17) is 0 Å². The molecule has 21 heavy (non-hydrogen) atoms. The van der Waals surface area contributed by atoms with Gasteiger partial charge in [-0.1, -0.05) is 44.9 Å². The van der Waals surface area contributed by atoms with Crippen molar-refractivity contribution in [2.75, 3.05) is 13.1 Å². The van der Waals surface area contributed by atoms with Gasteiger partial charge in [-0.3, -0.25) is 0 Å². The van der Waals surface area contributed by atoms with Gasteiger partial charge in [0.1, 0.15) is 5.83 Å². The minimum Gasteiger partial charge on any atom is -0.314 e. The van der Waals surface area contributed by atoms with Gasteiger partial charge in [-0.2, -0.15) is 5.06 Å². The molecule has 0 aromatic carbocycles. The Labute approximate surface area is 128 Å². The molecule has 1 atom stereocenters. The van der Waals surface area contributed by atoms with E-state index in [1.54, 1.807) is 6.08 Å². The molecule has 0 fully saturated rings. The summed E-state index contributed by atoms with van der Waals surface area (Å²) >= 11 is 0. The van der Waals surface area contributed by atoms with E-state index in [9.17, 15) is 9.60 Å². The van der Waals surface area contributed by atoms with Crippen LogP contribution in [0.1, 0.15) is 46.5 Å². The molecule has 2 nitrogen and oxygen atoms in total. The van der Waals surface area contributed by atoms with Crippen LogP contribution in [0.4, 0.5) is 4.39 Å². The van der Waals surface area contributed by atoms with Gasteiger partial charge in [0.15, 0.2) is 0 Å². The number of allylic oxidation sites excluding steroid dienone is 4. The van der Waals surface area contributed by atoms with E-state index in [0.717, 1.165) is 17.6 Å². The summed E-state index contributed by atoms with van der Waals surface area (Å²) in [6.45, 7) is 11.0. The average Bonchev–Trinajstić information content (AvgIpc) is 2.49. The van der Waals surface area contributed by atoms with E-state index in [1.807, 2.05) is 6.92 Å². The van der Waals surface area contributed by atoms with Crippen molar-refractivity contribution in [2.45, 2.75) is 46.5 Å². The summed E-state index contributed by atoms with van der Waals surface area (Å²) in [5.41, 5.74) is 3.58. The average molecular weight is 293 g/mol. The summed E-state index contributed by atoms with van der Waals surface area (Å²) < 4.78 is 13.2. The van der Waals surface area contributed by atoms with Crippen LogP contribution in [0.15, 0.2) is 47.4 Å². The molecule has 0 aliphatic carbocycles. The maximum atomic E-state index is 13.2. The predicted molar refractivity (Wildman–Crippen MR) is 86.8 cm³/mol. The Hall–Kier alpha value is -1.19. The van der Waals surface area contributed by atoms with Crippen LogP contribution >= 0.6 is 0 Å². The summed E-state index contributed by atoms with van der Waals surface area (Å²) in [6.07, 6.45) is 8.87. The third-order valence-electron chi connectivity index (χ3n) is 4.12. The lowest BCUT2D eigenvalue weighted by Crippen LogP contribution is -2.30. The van der Waals surface area contributed by atoms with Crippen molar-refractivity contribution < 1.29 is 9.60 Å². The molecule has 1 N–H and O–H groups in total. The maximum Gasteiger partial charge on any atom is 0.122 e. The lowest BCUT2D eigenvalue weighted by Gasteiger charge is -2.30. The van der Waals surface area contributed by atoms with Crippen LogP contribution < -0.4 is 0 Å². The van der Waals surface area contributed by atoms with Crippen LogP contribution in [0.5, 0.6) is 0 Å². The molecule has 1 heterocycles. The Bertz CT molecular complexity index is 448. The summed E-state index contributed by atoms with van der Waals surface area (Å²) in [7, 11) is 0. The van der Waals surface area contributed by atoms with E-state index in [0.29, 0.717) is 19.0 Å². The van der Waals surface area contributed by atoms with E-state index >= 15 is 0 Å². The molecule has 3 heteroatoms. The third-order valence-corrected chi connectivity index (χ3v) is 4.12. The van der Waals surface area contributed by atoms with Gasteiger partial charge in [0.2, 0.25) is 0 Å². The first-order valence-corrected chi connectivity index (χ1v) is 7.82. The number of hydrogen-bond acceptors (Lipinski definition) is 2. The van der Waals surface area contributed by atoms with Crippen LogP contribution in [-0.4, -0.2) is 23.4 Å². The molecule has 1 unspecified atom stereocenters. The molecule has 0 amide bonds. The SMILES string of the molecule is C=C/C(F)=C\C=C(/C)C1=C(C(C)CCCC)CCN(O)C1. The summed E-state index contributed by atoms with van der Waals surface area (Å²) in [4.78, 5) is 0. The van der Waals surface area contributed by atoms with Gasteiger partial charge in [0.05, 0.1) is 0 Å². The fourth-order valence-electron chi connectivity index (χ4n) is 2.74. The highest BCUT2D eigenvalue weighted by Gasteiger charge is 2.22. The van der Waals surface area contributed by atoms with Crippen molar-refractivity contribution in [2.24, 2.45) is 5.92 Å². The second-order valence-electron chi connectivity index (χ2n) is 5.79. The highest BCUT2D eigenvalue weighted by molar-refractivity contribution is 5.40. The molecule has 118 valence electrons. The van der Waals surface area contributed by atoms with Gasteiger partial charge in [0, 0.05) is 13.1 Å². The number of halogens is 1. The molecule has 0 radical (unpaired) electrons. The standard InChI is InChI=1S/C18H28FNO/c1-5-7-8-14(3)17-11-12-20(21)13-18(17)15(4)9-10-16(19)6-2/h6,9-10,14,21H,2,5,7-8,11-13H2,1,3-4H3/b15-9+,16-10+. The molecular formula is C18H28FNO. The number of nitrogens with zero attached hydrogens (tertiary/aromatic N) is 1. The minimum absolute atomic E-state index is 0.341. The Balaban J connectivity index is 3.02. The van der Waals surface area contributed by atoms with Crippen LogP contribution in [0, 0.1) is 5.92 Å². The van der Waals surface area contributed by atoms with Crippen LogP contribution in [-0.2, 0) is 0 Å². The van der Waals surface area contributed by atoms with Gasteiger partial charge < -0.3 is 5.21 Å². The van der Waals surface area contributed by atoms with Crippen LogP contribution in [0.2, 0.25) is 0 Å². The first kappa shape index (κ1) is 17.9. The molecule has 0 spiro atoms. The molecule has 0 aromatic heterocycles. The van der Waals surface area contributed by atoms with Crippen molar-refractivity contribution >= 4 is 0 Å². The monoisotopic (exact) mass is 293 g/mol. The first-order chi connectivity index (χ1) is 9.99. The first-order valence-electron chi connectivity index (χ1n) is 7.82. The zero-order chi connectivity index (χ0) is 15.8. The van der Waals surface area contributed by atoms with Crippen molar-refractivity contribution in [1.82, 2.24) is 5.06 Å². The summed E-state index contributed by atoms with van der Waals surface area (Å²) in [5.74, 6) is 0.178. The van der Waals surface area contributed by atoms with E-state index in [-0.39, 0.29) is 5.83 Å². The normalized spacial score (nSPS) is 19.9. The molecule has 0 aromatic rings. The van der Waals surface area contributed by atoms with Gasteiger partial charge >= 0.3 is 0 Å². The number of hydrogen-bond donors (Lipinski definition) is 1. The maximum absolute atomic E-state index is 13.2. The van der Waals surface area contributed by atoms with Gasteiger partial charge in [-0.05, 0) is 49.0 Å². The smallest absolute Gasteiger partial charge is 0.122 e. The Morgan fingerprint density at radius 2 is 2.19 bits per heavy atom. The molecule has 1 aliphatic rings. The Kier molecular flexibility index (Phi) is 7.62. The Morgan fingerprint density at radius 3 is 2.81 bits per heavy atom. The molecular weight excluding hydrogens is 265 g/mol. The van der Waals surface area contributed by atoms with Crippen LogP contribution in [0.25, 0.3) is 0 Å². The van der Waals surface area contributed by atoms with Crippen molar-refractivity contribution in [3.63, 3.8) is 0 Å².